The van der Waals surface area contributed by atoms with E-state index < -0.39 is 11.9 Å². The molecule has 0 saturated carbocycles. The molecule has 0 saturated heterocycles. The fourth-order valence-corrected chi connectivity index (χ4v) is 2.68. The van der Waals surface area contributed by atoms with Crippen LogP contribution in [0.1, 0.15) is 76.7 Å². The normalized spacial score (nSPS) is 10.4. The number of unbranched alkanes of at least 4 members (excludes halogenated alkanes) is 9. The summed E-state index contributed by atoms with van der Waals surface area (Å²) in [4.78, 5) is 23.2. The van der Waals surface area contributed by atoms with Crippen molar-refractivity contribution in [2.24, 2.45) is 0 Å². The van der Waals surface area contributed by atoms with E-state index in [1.54, 1.807) is 0 Å². The van der Waals surface area contributed by atoms with E-state index in [9.17, 15) is 9.59 Å². The first-order valence-corrected chi connectivity index (χ1v) is 9.73. The summed E-state index contributed by atoms with van der Waals surface area (Å²) in [5, 5.41) is 2.63. The molecular weight excluding hydrogens is 314 g/mol. The zero-order valence-corrected chi connectivity index (χ0v) is 15.6. The molecule has 0 aromatic heterocycles. The lowest BCUT2D eigenvalue weighted by Gasteiger charge is -2.06. The summed E-state index contributed by atoms with van der Waals surface area (Å²) in [5.41, 5.74) is 0.873. The molecule has 0 atom stereocenters. The first kappa shape index (κ1) is 21.2. The fourth-order valence-electron chi connectivity index (χ4n) is 2.68. The maximum absolute atomic E-state index is 11.6. The molecule has 1 amide bonds. The van der Waals surface area contributed by atoms with E-state index in [0.29, 0.717) is 6.54 Å². The molecule has 4 nitrogen and oxygen atoms in total. The lowest BCUT2D eigenvalue weighted by atomic mass is 10.1. The molecule has 1 N–H and O–H groups in total. The number of rotatable bonds is 13. The van der Waals surface area contributed by atoms with Crippen LogP contribution < -0.4 is 5.32 Å². The Kier molecular flexibility index (Phi) is 12.3. The summed E-state index contributed by atoms with van der Waals surface area (Å²) >= 11 is 0. The zero-order chi connectivity index (χ0) is 18.2. The van der Waals surface area contributed by atoms with E-state index in [4.69, 9.17) is 4.74 Å². The predicted molar refractivity (Wildman–Crippen MR) is 101 cm³/mol. The monoisotopic (exact) mass is 347 g/mol. The highest BCUT2D eigenvalue weighted by atomic mass is 16.5. The van der Waals surface area contributed by atoms with Gasteiger partial charge in [-0.15, -0.1) is 0 Å². The molecule has 0 radical (unpaired) electrons. The summed E-state index contributed by atoms with van der Waals surface area (Å²) in [7, 11) is 0. The Labute approximate surface area is 152 Å². The predicted octanol–water partition coefficient (Wildman–Crippen LogP) is 4.77. The maximum Gasteiger partial charge on any atom is 0.397 e. The Bertz CT molecular complexity index is 473. The molecule has 140 valence electrons. The van der Waals surface area contributed by atoms with Crippen molar-refractivity contribution < 1.29 is 14.3 Å². The molecule has 4 heteroatoms. The van der Waals surface area contributed by atoms with Crippen LogP contribution in [0.3, 0.4) is 0 Å². The second kappa shape index (κ2) is 14.5. The van der Waals surface area contributed by atoms with Gasteiger partial charge in [0.15, 0.2) is 0 Å². The number of nitrogens with one attached hydrogen (secondary N) is 1. The molecule has 1 aromatic rings. The molecule has 25 heavy (non-hydrogen) atoms. The van der Waals surface area contributed by atoms with Gasteiger partial charge in [0.1, 0.15) is 6.61 Å². The van der Waals surface area contributed by atoms with E-state index in [1.807, 2.05) is 30.3 Å². The number of carbonyl (C=O) groups excluding carboxylic acids is 2. The minimum atomic E-state index is -0.809. The van der Waals surface area contributed by atoms with Gasteiger partial charge in [0.05, 0.1) is 0 Å². The standard InChI is InChI=1S/C21H33NO3/c1-2-3-4-5-6-7-8-9-10-14-17-22-20(23)21(24)25-18-19-15-12-11-13-16-19/h11-13,15-16H,2-10,14,17-18H2,1H3,(H,22,23). The van der Waals surface area contributed by atoms with Gasteiger partial charge < -0.3 is 10.1 Å². The molecule has 1 rings (SSSR count). The Balaban J connectivity index is 1.93. The number of carbonyl (C=O) groups is 2. The molecule has 1 aromatic carbocycles. The number of ether oxygens (including phenoxy) is 1. The highest BCUT2D eigenvalue weighted by molar-refractivity contribution is 6.32. The van der Waals surface area contributed by atoms with Crippen molar-refractivity contribution in [1.29, 1.82) is 0 Å². The van der Waals surface area contributed by atoms with Gasteiger partial charge in [-0.3, -0.25) is 4.79 Å². The van der Waals surface area contributed by atoms with Crippen LogP contribution in [0.15, 0.2) is 30.3 Å². The van der Waals surface area contributed by atoms with Gasteiger partial charge in [-0.05, 0) is 12.0 Å². The highest BCUT2D eigenvalue weighted by Gasteiger charge is 2.14. The second-order valence-corrected chi connectivity index (χ2v) is 6.50. The number of amides is 1. The van der Waals surface area contributed by atoms with E-state index in [1.165, 1.54) is 51.4 Å². The van der Waals surface area contributed by atoms with Crippen molar-refractivity contribution in [3.05, 3.63) is 35.9 Å². The van der Waals surface area contributed by atoms with Crippen LogP contribution >= 0.6 is 0 Å². The molecule has 0 aliphatic carbocycles. The van der Waals surface area contributed by atoms with E-state index >= 15 is 0 Å². The van der Waals surface area contributed by atoms with E-state index in [2.05, 4.69) is 12.2 Å². The van der Waals surface area contributed by atoms with Crippen molar-refractivity contribution >= 4 is 11.9 Å². The van der Waals surface area contributed by atoms with Crippen LogP contribution in [0.2, 0.25) is 0 Å². The molecule has 0 bridgehead atoms. The summed E-state index contributed by atoms with van der Waals surface area (Å²) in [5.74, 6) is -1.46. The average Bonchev–Trinajstić information content (AvgIpc) is 2.64. The second-order valence-electron chi connectivity index (χ2n) is 6.50. The summed E-state index contributed by atoms with van der Waals surface area (Å²) in [6.45, 7) is 2.91. The fraction of sp³-hybridized carbons (Fsp3) is 0.619. The Hall–Kier alpha value is -1.84. The van der Waals surface area contributed by atoms with Gasteiger partial charge in [0, 0.05) is 6.54 Å². The van der Waals surface area contributed by atoms with Crippen molar-refractivity contribution in [3.8, 4) is 0 Å². The zero-order valence-electron chi connectivity index (χ0n) is 15.6. The minimum absolute atomic E-state index is 0.130. The Morgan fingerprint density at radius 3 is 2.00 bits per heavy atom. The number of hydrogen-bond donors (Lipinski definition) is 1. The summed E-state index contributed by atoms with van der Waals surface area (Å²) in [6.07, 6.45) is 12.5. The Morgan fingerprint density at radius 2 is 1.40 bits per heavy atom. The van der Waals surface area contributed by atoms with Gasteiger partial charge in [-0.1, -0.05) is 95.0 Å². The topological polar surface area (TPSA) is 55.4 Å². The first-order valence-electron chi connectivity index (χ1n) is 9.73. The molecule has 0 aliphatic heterocycles. The smallest absolute Gasteiger partial charge is 0.397 e. The largest absolute Gasteiger partial charge is 0.454 e. The van der Waals surface area contributed by atoms with Crippen LogP contribution in [0.25, 0.3) is 0 Å². The van der Waals surface area contributed by atoms with Crippen molar-refractivity contribution in [2.75, 3.05) is 6.54 Å². The van der Waals surface area contributed by atoms with Gasteiger partial charge in [-0.2, -0.15) is 0 Å². The molecule has 0 fully saturated rings. The summed E-state index contributed by atoms with van der Waals surface area (Å²) < 4.78 is 4.99. The SMILES string of the molecule is CCCCCCCCCCCCNC(=O)C(=O)OCc1ccccc1. The van der Waals surface area contributed by atoms with Gasteiger partial charge in [-0.25, -0.2) is 4.79 Å². The van der Waals surface area contributed by atoms with Gasteiger partial charge >= 0.3 is 11.9 Å². The minimum Gasteiger partial charge on any atom is -0.454 e. The number of hydrogen-bond acceptors (Lipinski definition) is 3. The van der Waals surface area contributed by atoms with E-state index in [0.717, 1.165) is 18.4 Å². The third-order valence-corrected chi connectivity index (χ3v) is 4.21. The van der Waals surface area contributed by atoms with E-state index in [-0.39, 0.29) is 6.61 Å². The number of esters is 1. The maximum atomic E-state index is 11.6. The lowest BCUT2D eigenvalue weighted by Crippen LogP contribution is -2.33. The highest BCUT2D eigenvalue weighted by Crippen LogP contribution is 2.10. The van der Waals surface area contributed by atoms with Gasteiger partial charge in [0.2, 0.25) is 0 Å². The third-order valence-electron chi connectivity index (χ3n) is 4.21. The third kappa shape index (κ3) is 11.4. The molecule has 0 heterocycles. The molecular formula is C21H33NO3. The van der Waals surface area contributed by atoms with Crippen molar-refractivity contribution in [3.63, 3.8) is 0 Å². The van der Waals surface area contributed by atoms with Crippen molar-refractivity contribution in [1.82, 2.24) is 5.32 Å². The molecule has 0 unspecified atom stereocenters. The Morgan fingerprint density at radius 1 is 0.840 bits per heavy atom. The first-order chi connectivity index (χ1) is 12.2. The average molecular weight is 347 g/mol. The summed E-state index contributed by atoms with van der Waals surface area (Å²) in [6, 6.07) is 9.34. The van der Waals surface area contributed by atoms with Crippen molar-refractivity contribution in [2.45, 2.75) is 77.7 Å². The van der Waals surface area contributed by atoms with Crippen LogP contribution in [0.5, 0.6) is 0 Å². The lowest BCUT2D eigenvalue weighted by molar-refractivity contribution is -0.155. The van der Waals surface area contributed by atoms with Crippen LogP contribution in [0.4, 0.5) is 0 Å². The van der Waals surface area contributed by atoms with Crippen LogP contribution in [-0.2, 0) is 20.9 Å². The van der Waals surface area contributed by atoms with Crippen LogP contribution in [-0.4, -0.2) is 18.4 Å². The quantitative estimate of drug-likeness (QED) is 0.318. The number of benzene rings is 1. The van der Waals surface area contributed by atoms with Gasteiger partial charge in [0.25, 0.3) is 0 Å². The van der Waals surface area contributed by atoms with Crippen LogP contribution in [0, 0.1) is 0 Å². The molecule has 0 spiro atoms. The molecule has 0 aliphatic rings.